The molecule has 0 atom stereocenters. The number of thiophene rings is 1. The van der Waals surface area contributed by atoms with Crippen molar-refractivity contribution >= 4 is 28.8 Å². The summed E-state index contributed by atoms with van der Waals surface area (Å²) >= 11 is 7.11. The van der Waals surface area contributed by atoms with Crippen LogP contribution in [-0.4, -0.2) is 34.9 Å². The Bertz CT molecular complexity index is 1120. The van der Waals surface area contributed by atoms with Crippen LogP contribution in [0.5, 0.6) is 22.3 Å². The van der Waals surface area contributed by atoms with Gasteiger partial charge in [0.05, 0.1) is 22.3 Å². The second-order valence-electron chi connectivity index (χ2n) is 7.13. The minimum absolute atomic E-state index is 0.0903. The molecule has 1 N–H and O–H groups in total. The van der Waals surface area contributed by atoms with Crippen molar-refractivity contribution in [2.75, 3.05) is 19.2 Å². The van der Waals surface area contributed by atoms with Crippen molar-refractivity contribution in [3.63, 3.8) is 0 Å². The molecule has 0 spiro atoms. The van der Waals surface area contributed by atoms with Crippen LogP contribution in [0.1, 0.15) is 27.2 Å². The molecule has 2 aromatic heterocycles. The van der Waals surface area contributed by atoms with Gasteiger partial charge < -0.3 is 19.5 Å². The van der Waals surface area contributed by atoms with Crippen molar-refractivity contribution < 1.29 is 19.0 Å². The fourth-order valence-corrected chi connectivity index (χ4v) is 5.09. The van der Waals surface area contributed by atoms with Crippen LogP contribution in [0.15, 0.2) is 24.4 Å². The number of amides is 1. The molecule has 3 aromatic rings. The Balaban J connectivity index is 1.55. The highest BCUT2D eigenvalue weighted by atomic mass is 35.5. The number of hydrogen-bond acceptors (Lipinski definition) is 6. The molecule has 1 aromatic carbocycles. The maximum atomic E-state index is 12.9. The predicted molar refractivity (Wildman–Crippen MR) is 114 cm³/mol. The first-order valence-electron chi connectivity index (χ1n) is 9.74. The number of hydrogen-bond donors (Lipinski definition) is 1. The second-order valence-corrected chi connectivity index (χ2v) is 8.49. The van der Waals surface area contributed by atoms with Gasteiger partial charge in [-0.15, -0.1) is 11.6 Å². The SMILES string of the molecule is Cn1ncc2c1-c1c(Oc3ccc4c(c3)OCO4)sc(C(=O)NCCCCl)c1CC2. The normalized spacial score (nSPS) is 13.7. The lowest BCUT2D eigenvalue weighted by Crippen LogP contribution is -2.25. The standard InChI is InChI=1S/C21H20ClN3O4S/c1-25-18-12(10-24-25)3-5-14-17(18)21(30-19(14)20(26)23-8-2-7-22)29-13-4-6-15-16(9-13)28-11-27-15/h4,6,9-10H,2-3,5,7-8,11H2,1H3,(H,23,26). The molecule has 30 heavy (non-hydrogen) atoms. The quantitative estimate of drug-likeness (QED) is 0.456. The third-order valence-electron chi connectivity index (χ3n) is 5.23. The number of carbonyl (C=O) groups is 1. The van der Waals surface area contributed by atoms with E-state index in [1.54, 1.807) is 0 Å². The zero-order chi connectivity index (χ0) is 20.7. The van der Waals surface area contributed by atoms with Crippen LogP contribution in [0.4, 0.5) is 0 Å². The molecular formula is C21H20ClN3O4S. The summed E-state index contributed by atoms with van der Waals surface area (Å²) in [6, 6.07) is 5.47. The number of nitrogens with zero attached hydrogens (tertiary/aromatic N) is 2. The van der Waals surface area contributed by atoms with Gasteiger partial charge in [-0.1, -0.05) is 11.3 Å². The van der Waals surface area contributed by atoms with Gasteiger partial charge >= 0.3 is 0 Å². The van der Waals surface area contributed by atoms with Crippen molar-refractivity contribution in [1.82, 2.24) is 15.1 Å². The van der Waals surface area contributed by atoms with E-state index in [0.717, 1.165) is 41.6 Å². The molecular weight excluding hydrogens is 426 g/mol. The molecule has 1 amide bonds. The van der Waals surface area contributed by atoms with Crippen LogP contribution in [-0.2, 0) is 19.9 Å². The van der Waals surface area contributed by atoms with Crippen LogP contribution >= 0.6 is 22.9 Å². The highest BCUT2D eigenvalue weighted by Crippen LogP contribution is 2.49. The van der Waals surface area contributed by atoms with Crippen LogP contribution in [0.3, 0.4) is 0 Å². The number of halogens is 1. The highest BCUT2D eigenvalue weighted by molar-refractivity contribution is 7.16. The van der Waals surface area contributed by atoms with Crippen LogP contribution in [0.2, 0.25) is 0 Å². The molecule has 9 heteroatoms. The van der Waals surface area contributed by atoms with Gasteiger partial charge in [0.25, 0.3) is 5.91 Å². The summed E-state index contributed by atoms with van der Waals surface area (Å²) in [5.41, 5.74) is 4.12. The lowest BCUT2D eigenvalue weighted by molar-refractivity contribution is 0.0957. The van der Waals surface area contributed by atoms with Gasteiger partial charge in [0.15, 0.2) is 16.6 Å². The number of aryl methyl sites for hydroxylation is 2. The molecule has 0 bridgehead atoms. The Morgan fingerprint density at radius 3 is 3.07 bits per heavy atom. The zero-order valence-corrected chi connectivity index (χ0v) is 17.9. The lowest BCUT2D eigenvalue weighted by Gasteiger charge is -2.16. The number of nitrogens with one attached hydrogen (secondary N) is 1. The summed E-state index contributed by atoms with van der Waals surface area (Å²) in [4.78, 5) is 13.6. The summed E-state index contributed by atoms with van der Waals surface area (Å²) in [5.74, 6) is 2.40. The maximum Gasteiger partial charge on any atom is 0.261 e. The molecule has 0 saturated carbocycles. The first-order valence-corrected chi connectivity index (χ1v) is 11.1. The van der Waals surface area contributed by atoms with E-state index in [0.29, 0.717) is 39.6 Å². The average molecular weight is 446 g/mol. The van der Waals surface area contributed by atoms with E-state index in [2.05, 4.69) is 10.4 Å². The molecule has 0 unspecified atom stereocenters. The monoisotopic (exact) mass is 445 g/mol. The Morgan fingerprint density at radius 1 is 1.33 bits per heavy atom. The van der Waals surface area contributed by atoms with Gasteiger partial charge in [-0.2, -0.15) is 5.10 Å². The molecule has 5 rings (SSSR count). The van der Waals surface area contributed by atoms with E-state index < -0.39 is 0 Å². The van der Waals surface area contributed by atoms with E-state index in [1.165, 1.54) is 11.3 Å². The third-order valence-corrected chi connectivity index (χ3v) is 6.60. The topological polar surface area (TPSA) is 74.6 Å². The molecule has 0 saturated heterocycles. The smallest absolute Gasteiger partial charge is 0.261 e. The molecule has 0 radical (unpaired) electrons. The molecule has 1 aliphatic carbocycles. The Morgan fingerprint density at radius 2 is 2.20 bits per heavy atom. The minimum atomic E-state index is -0.0903. The largest absolute Gasteiger partial charge is 0.454 e. The van der Waals surface area contributed by atoms with E-state index in [1.807, 2.05) is 36.1 Å². The first kappa shape index (κ1) is 19.3. The summed E-state index contributed by atoms with van der Waals surface area (Å²) in [6.07, 6.45) is 4.24. The number of alkyl halides is 1. The summed E-state index contributed by atoms with van der Waals surface area (Å²) in [7, 11) is 1.91. The average Bonchev–Trinajstić information content (AvgIpc) is 3.45. The first-order chi connectivity index (χ1) is 14.7. The molecule has 0 fully saturated rings. The Hall–Kier alpha value is -2.71. The van der Waals surface area contributed by atoms with Crippen molar-refractivity contribution in [2.24, 2.45) is 7.05 Å². The summed E-state index contributed by atoms with van der Waals surface area (Å²) < 4.78 is 19.0. The molecule has 156 valence electrons. The molecule has 3 heterocycles. The Labute approximate surface area is 182 Å². The van der Waals surface area contributed by atoms with Crippen molar-refractivity contribution in [1.29, 1.82) is 0 Å². The van der Waals surface area contributed by atoms with Crippen LogP contribution in [0, 0.1) is 0 Å². The predicted octanol–water partition coefficient (Wildman–Crippen LogP) is 4.13. The van der Waals surface area contributed by atoms with E-state index in [9.17, 15) is 4.79 Å². The van der Waals surface area contributed by atoms with Crippen LogP contribution < -0.4 is 19.5 Å². The fraction of sp³-hybridized carbons (Fsp3) is 0.333. The van der Waals surface area contributed by atoms with Crippen molar-refractivity contribution in [2.45, 2.75) is 19.3 Å². The van der Waals surface area contributed by atoms with Gasteiger partial charge in [0, 0.05) is 25.5 Å². The highest BCUT2D eigenvalue weighted by Gasteiger charge is 2.31. The number of ether oxygens (including phenoxy) is 3. The third kappa shape index (κ3) is 3.30. The van der Waals surface area contributed by atoms with Gasteiger partial charge in [-0.05, 0) is 42.5 Å². The van der Waals surface area contributed by atoms with E-state index in [-0.39, 0.29) is 12.7 Å². The molecule has 1 aliphatic heterocycles. The molecule has 7 nitrogen and oxygen atoms in total. The summed E-state index contributed by atoms with van der Waals surface area (Å²) in [5, 5.41) is 8.06. The maximum absolute atomic E-state index is 12.9. The van der Waals surface area contributed by atoms with E-state index in [4.69, 9.17) is 25.8 Å². The summed E-state index contributed by atoms with van der Waals surface area (Å²) in [6.45, 7) is 0.752. The number of carbonyl (C=O) groups excluding carboxylic acids is 1. The van der Waals surface area contributed by atoms with Gasteiger partial charge in [-0.3, -0.25) is 9.48 Å². The van der Waals surface area contributed by atoms with Crippen LogP contribution in [0.25, 0.3) is 11.3 Å². The number of rotatable bonds is 6. The van der Waals surface area contributed by atoms with Gasteiger partial charge in [0.2, 0.25) is 6.79 Å². The zero-order valence-electron chi connectivity index (χ0n) is 16.4. The number of benzene rings is 1. The lowest BCUT2D eigenvalue weighted by atomic mass is 9.91. The van der Waals surface area contributed by atoms with Gasteiger partial charge in [0.1, 0.15) is 5.75 Å². The van der Waals surface area contributed by atoms with Crippen molar-refractivity contribution in [3.8, 4) is 33.6 Å². The fourth-order valence-electron chi connectivity index (χ4n) is 3.82. The Kier molecular flexibility index (Phi) is 5.04. The number of fused-ring (bicyclic) bond motifs is 4. The molecule has 2 aliphatic rings. The second kappa shape index (κ2) is 7.85. The van der Waals surface area contributed by atoms with E-state index >= 15 is 0 Å². The number of aromatic nitrogens is 2. The minimum Gasteiger partial charge on any atom is -0.454 e. The van der Waals surface area contributed by atoms with Crippen molar-refractivity contribution in [3.05, 3.63) is 40.4 Å². The van der Waals surface area contributed by atoms with Gasteiger partial charge in [-0.25, -0.2) is 0 Å².